The molecule has 0 aliphatic carbocycles. The molecule has 0 unspecified atom stereocenters. The van der Waals surface area contributed by atoms with Gasteiger partial charge in [-0.15, -0.1) is 21.5 Å². The van der Waals surface area contributed by atoms with Gasteiger partial charge in [0.2, 0.25) is 5.28 Å². The number of rotatable bonds is 4. The van der Waals surface area contributed by atoms with E-state index in [2.05, 4.69) is 38.5 Å². The Bertz CT molecular complexity index is 750. The van der Waals surface area contributed by atoms with Crippen LogP contribution >= 0.6 is 22.9 Å². The third kappa shape index (κ3) is 2.46. The average Bonchev–Trinajstić information content (AvgIpc) is 3.00. The van der Waals surface area contributed by atoms with Crippen LogP contribution in [0, 0.1) is 6.92 Å². The quantitative estimate of drug-likeness (QED) is 0.751. The average molecular weight is 309 g/mol. The predicted molar refractivity (Wildman–Crippen MR) is 80.2 cm³/mol. The molecule has 0 aromatic carbocycles. The van der Waals surface area contributed by atoms with Gasteiger partial charge in [-0.2, -0.15) is 0 Å². The molecule has 0 fully saturated rings. The number of aryl methyl sites for hydroxylation is 2. The fourth-order valence-electron chi connectivity index (χ4n) is 1.99. The zero-order valence-electron chi connectivity index (χ0n) is 11.1. The molecular formula is C12H13ClN6S. The SMILES string of the molecule is CCn1cnnc1CNc1nc(Cl)nc2sc(C)cc12. The Kier molecular flexibility index (Phi) is 3.54. The molecule has 6 nitrogen and oxygen atoms in total. The number of nitrogens with one attached hydrogen (secondary N) is 1. The van der Waals surface area contributed by atoms with Gasteiger partial charge in [-0.25, -0.2) is 9.97 Å². The molecule has 0 saturated heterocycles. The van der Waals surface area contributed by atoms with Crippen LogP contribution in [0.1, 0.15) is 17.6 Å². The van der Waals surface area contributed by atoms with Gasteiger partial charge in [0.15, 0.2) is 5.82 Å². The zero-order chi connectivity index (χ0) is 14.1. The second-order valence-electron chi connectivity index (χ2n) is 4.30. The maximum Gasteiger partial charge on any atom is 0.225 e. The molecular weight excluding hydrogens is 296 g/mol. The summed E-state index contributed by atoms with van der Waals surface area (Å²) in [6.45, 7) is 5.47. The molecule has 3 heterocycles. The Morgan fingerprint density at radius 3 is 3.05 bits per heavy atom. The van der Waals surface area contributed by atoms with E-state index in [1.54, 1.807) is 17.7 Å². The molecule has 3 aromatic rings. The number of anilines is 1. The van der Waals surface area contributed by atoms with E-state index in [1.165, 1.54) is 4.88 Å². The monoisotopic (exact) mass is 308 g/mol. The molecule has 20 heavy (non-hydrogen) atoms. The van der Waals surface area contributed by atoms with Gasteiger partial charge in [0.1, 0.15) is 17.0 Å². The highest BCUT2D eigenvalue weighted by molar-refractivity contribution is 7.18. The van der Waals surface area contributed by atoms with E-state index in [4.69, 9.17) is 11.6 Å². The molecule has 0 aliphatic rings. The molecule has 104 valence electrons. The van der Waals surface area contributed by atoms with Crippen LogP contribution in [0.25, 0.3) is 10.2 Å². The standard InChI is InChI=1S/C12H13ClN6S/c1-3-19-6-15-18-9(19)5-14-10-8-4-7(2)20-11(8)17-12(13)16-10/h4,6H,3,5H2,1-2H3,(H,14,16,17). The van der Waals surface area contributed by atoms with Crippen LogP contribution in [-0.2, 0) is 13.1 Å². The predicted octanol–water partition coefficient (Wildman–Crippen LogP) is 2.88. The van der Waals surface area contributed by atoms with Gasteiger partial charge in [0.25, 0.3) is 0 Å². The van der Waals surface area contributed by atoms with Crippen molar-refractivity contribution >= 4 is 39.0 Å². The number of aromatic nitrogens is 5. The largest absolute Gasteiger partial charge is 0.362 e. The van der Waals surface area contributed by atoms with Gasteiger partial charge < -0.3 is 9.88 Å². The third-order valence-corrected chi connectivity index (χ3v) is 4.05. The minimum absolute atomic E-state index is 0.249. The summed E-state index contributed by atoms with van der Waals surface area (Å²) in [7, 11) is 0. The number of nitrogens with zero attached hydrogens (tertiary/aromatic N) is 5. The molecule has 3 rings (SSSR count). The van der Waals surface area contributed by atoms with Gasteiger partial charge in [-0.1, -0.05) is 0 Å². The first kappa shape index (κ1) is 13.3. The number of halogens is 1. The normalized spacial score (nSPS) is 11.2. The summed E-state index contributed by atoms with van der Waals surface area (Å²) in [4.78, 5) is 10.6. The van der Waals surface area contributed by atoms with Crippen LogP contribution in [0.15, 0.2) is 12.4 Å². The van der Waals surface area contributed by atoms with Gasteiger partial charge in [-0.3, -0.25) is 0 Å². The van der Waals surface area contributed by atoms with Crippen molar-refractivity contribution in [2.45, 2.75) is 26.9 Å². The van der Waals surface area contributed by atoms with Crippen molar-refractivity contribution in [3.8, 4) is 0 Å². The van der Waals surface area contributed by atoms with Crippen LogP contribution in [-0.4, -0.2) is 24.7 Å². The van der Waals surface area contributed by atoms with Gasteiger partial charge in [0, 0.05) is 11.4 Å². The Hall–Kier alpha value is -1.73. The minimum atomic E-state index is 0.249. The Morgan fingerprint density at radius 1 is 1.40 bits per heavy atom. The minimum Gasteiger partial charge on any atom is -0.362 e. The van der Waals surface area contributed by atoms with Gasteiger partial charge in [0.05, 0.1) is 11.9 Å². The first-order valence-corrected chi connectivity index (χ1v) is 7.41. The van der Waals surface area contributed by atoms with Crippen molar-refractivity contribution < 1.29 is 0 Å². The lowest BCUT2D eigenvalue weighted by Crippen LogP contribution is -2.08. The summed E-state index contributed by atoms with van der Waals surface area (Å²) < 4.78 is 1.98. The summed E-state index contributed by atoms with van der Waals surface area (Å²) in [5, 5.41) is 12.5. The number of thiophene rings is 1. The van der Waals surface area contributed by atoms with Crippen LogP contribution in [0.4, 0.5) is 5.82 Å². The van der Waals surface area contributed by atoms with E-state index in [1.807, 2.05) is 11.5 Å². The van der Waals surface area contributed by atoms with Crippen molar-refractivity contribution in [1.82, 2.24) is 24.7 Å². The van der Waals surface area contributed by atoms with E-state index in [0.717, 1.165) is 28.4 Å². The number of hydrogen-bond donors (Lipinski definition) is 1. The molecule has 1 N–H and O–H groups in total. The molecule has 0 bridgehead atoms. The molecule has 3 aromatic heterocycles. The Morgan fingerprint density at radius 2 is 2.25 bits per heavy atom. The highest BCUT2D eigenvalue weighted by atomic mass is 35.5. The van der Waals surface area contributed by atoms with E-state index in [-0.39, 0.29) is 5.28 Å². The molecule has 0 saturated carbocycles. The molecule has 8 heteroatoms. The fraction of sp³-hybridized carbons (Fsp3) is 0.333. The molecule has 0 amide bonds. The van der Waals surface area contributed by atoms with Crippen molar-refractivity contribution in [1.29, 1.82) is 0 Å². The number of fused-ring (bicyclic) bond motifs is 1. The lowest BCUT2D eigenvalue weighted by molar-refractivity contribution is 0.707. The van der Waals surface area contributed by atoms with E-state index >= 15 is 0 Å². The molecule has 0 atom stereocenters. The van der Waals surface area contributed by atoms with Gasteiger partial charge in [-0.05, 0) is 31.5 Å². The molecule has 0 radical (unpaired) electrons. The smallest absolute Gasteiger partial charge is 0.225 e. The van der Waals surface area contributed by atoms with Crippen molar-refractivity contribution in [2.75, 3.05) is 5.32 Å². The third-order valence-electron chi connectivity index (χ3n) is 2.94. The molecule has 0 spiro atoms. The van der Waals surface area contributed by atoms with Crippen LogP contribution in [0.2, 0.25) is 5.28 Å². The summed E-state index contributed by atoms with van der Waals surface area (Å²) in [5.74, 6) is 1.59. The summed E-state index contributed by atoms with van der Waals surface area (Å²) in [5.41, 5.74) is 0. The lowest BCUT2D eigenvalue weighted by Gasteiger charge is -2.07. The second kappa shape index (κ2) is 5.34. The zero-order valence-corrected chi connectivity index (χ0v) is 12.7. The van der Waals surface area contributed by atoms with Gasteiger partial charge >= 0.3 is 0 Å². The van der Waals surface area contributed by atoms with Crippen LogP contribution < -0.4 is 5.32 Å². The maximum atomic E-state index is 5.96. The van der Waals surface area contributed by atoms with Crippen molar-refractivity contribution in [3.05, 3.63) is 28.4 Å². The van der Waals surface area contributed by atoms with E-state index < -0.39 is 0 Å². The van der Waals surface area contributed by atoms with Crippen molar-refractivity contribution in [3.63, 3.8) is 0 Å². The first-order chi connectivity index (χ1) is 9.67. The Balaban J connectivity index is 1.90. The summed E-state index contributed by atoms with van der Waals surface area (Å²) in [6, 6.07) is 2.06. The Labute approximate surface area is 124 Å². The second-order valence-corrected chi connectivity index (χ2v) is 5.88. The van der Waals surface area contributed by atoms with Crippen molar-refractivity contribution in [2.24, 2.45) is 0 Å². The molecule has 0 aliphatic heterocycles. The lowest BCUT2D eigenvalue weighted by atomic mass is 10.3. The maximum absolute atomic E-state index is 5.96. The highest BCUT2D eigenvalue weighted by Gasteiger charge is 2.10. The van der Waals surface area contributed by atoms with Crippen LogP contribution in [0.3, 0.4) is 0 Å². The number of hydrogen-bond acceptors (Lipinski definition) is 6. The highest BCUT2D eigenvalue weighted by Crippen LogP contribution is 2.29. The summed E-state index contributed by atoms with van der Waals surface area (Å²) >= 11 is 7.57. The fourth-order valence-corrected chi connectivity index (χ4v) is 3.09. The first-order valence-electron chi connectivity index (χ1n) is 6.21. The van der Waals surface area contributed by atoms with Crippen LogP contribution in [0.5, 0.6) is 0 Å². The van der Waals surface area contributed by atoms with E-state index in [0.29, 0.717) is 6.54 Å². The summed E-state index contributed by atoms with van der Waals surface area (Å²) in [6.07, 6.45) is 1.72. The van der Waals surface area contributed by atoms with E-state index in [9.17, 15) is 0 Å². The topological polar surface area (TPSA) is 68.5 Å².